The third-order valence-corrected chi connectivity index (χ3v) is 4.23. The van der Waals surface area contributed by atoms with E-state index < -0.39 is 0 Å². The molecular formula is C19H24ClN. The fourth-order valence-electron chi connectivity index (χ4n) is 2.61. The van der Waals surface area contributed by atoms with Gasteiger partial charge in [0.05, 0.1) is 0 Å². The highest BCUT2D eigenvalue weighted by Crippen LogP contribution is 2.24. The summed E-state index contributed by atoms with van der Waals surface area (Å²) in [4.78, 5) is 0. The number of halogens is 1. The minimum atomic E-state index is 0.277. The summed E-state index contributed by atoms with van der Waals surface area (Å²) in [5.41, 5.74) is 3.96. The van der Waals surface area contributed by atoms with Crippen LogP contribution in [0.2, 0.25) is 5.02 Å². The van der Waals surface area contributed by atoms with E-state index in [1.807, 2.05) is 18.2 Å². The third-order valence-electron chi connectivity index (χ3n) is 4.00. The van der Waals surface area contributed by atoms with Crippen molar-refractivity contribution in [1.82, 2.24) is 5.32 Å². The molecule has 2 aromatic rings. The summed E-state index contributed by atoms with van der Waals surface area (Å²) in [6.07, 6.45) is 2.15. The number of rotatable bonds is 6. The van der Waals surface area contributed by atoms with Gasteiger partial charge in [0.2, 0.25) is 0 Å². The molecule has 1 nitrogen and oxygen atoms in total. The number of nitrogens with one attached hydrogen (secondary N) is 1. The topological polar surface area (TPSA) is 12.0 Å². The highest BCUT2D eigenvalue weighted by atomic mass is 35.5. The largest absolute Gasteiger partial charge is 0.303 e. The minimum absolute atomic E-state index is 0.277. The Bertz CT molecular complexity index is 562. The molecule has 0 aromatic heterocycles. The van der Waals surface area contributed by atoms with Gasteiger partial charge in [0, 0.05) is 17.1 Å². The van der Waals surface area contributed by atoms with Crippen LogP contribution < -0.4 is 5.32 Å². The van der Waals surface area contributed by atoms with Gasteiger partial charge in [-0.3, -0.25) is 0 Å². The molecule has 21 heavy (non-hydrogen) atoms. The van der Waals surface area contributed by atoms with Crippen molar-refractivity contribution in [2.75, 3.05) is 0 Å². The van der Waals surface area contributed by atoms with Crippen LogP contribution in [0.1, 0.15) is 56.0 Å². The number of hydrogen-bond donors (Lipinski definition) is 1. The van der Waals surface area contributed by atoms with Crippen molar-refractivity contribution in [2.24, 2.45) is 0 Å². The van der Waals surface area contributed by atoms with Gasteiger partial charge < -0.3 is 5.32 Å². The van der Waals surface area contributed by atoms with Gasteiger partial charge in [0.25, 0.3) is 0 Å². The van der Waals surface area contributed by atoms with E-state index in [1.165, 1.54) is 16.7 Å². The van der Waals surface area contributed by atoms with Crippen LogP contribution in [0.3, 0.4) is 0 Å². The molecule has 1 unspecified atom stereocenters. The van der Waals surface area contributed by atoms with Crippen molar-refractivity contribution in [3.05, 3.63) is 70.2 Å². The molecule has 2 rings (SSSR count). The molecule has 0 saturated carbocycles. The lowest BCUT2D eigenvalue weighted by molar-refractivity contribution is 0.456. The summed E-state index contributed by atoms with van der Waals surface area (Å²) < 4.78 is 0. The summed E-state index contributed by atoms with van der Waals surface area (Å²) in [6, 6.07) is 17.7. The van der Waals surface area contributed by atoms with Crippen molar-refractivity contribution < 1.29 is 0 Å². The Morgan fingerprint density at radius 2 is 1.71 bits per heavy atom. The first-order chi connectivity index (χ1) is 10.1. The van der Waals surface area contributed by atoms with Crippen LogP contribution in [-0.2, 0) is 6.42 Å². The van der Waals surface area contributed by atoms with E-state index in [9.17, 15) is 0 Å². The molecular weight excluding hydrogens is 278 g/mol. The predicted molar refractivity (Wildman–Crippen MR) is 91.9 cm³/mol. The molecule has 0 aliphatic rings. The summed E-state index contributed by atoms with van der Waals surface area (Å²) >= 11 is 6.08. The molecule has 2 aromatic carbocycles. The van der Waals surface area contributed by atoms with Crippen LogP contribution in [-0.4, -0.2) is 0 Å². The molecule has 2 atom stereocenters. The Morgan fingerprint density at radius 1 is 1.00 bits per heavy atom. The number of aryl methyl sites for hydroxylation is 1. The van der Waals surface area contributed by atoms with E-state index in [2.05, 4.69) is 56.4 Å². The van der Waals surface area contributed by atoms with Crippen LogP contribution in [0.15, 0.2) is 48.5 Å². The van der Waals surface area contributed by atoms with E-state index in [0.29, 0.717) is 6.04 Å². The van der Waals surface area contributed by atoms with Gasteiger partial charge in [-0.2, -0.15) is 0 Å². The molecule has 0 saturated heterocycles. The first kappa shape index (κ1) is 16.1. The van der Waals surface area contributed by atoms with E-state index in [0.717, 1.165) is 17.9 Å². The second-order valence-electron chi connectivity index (χ2n) is 5.50. The number of hydrogen-bond acceptors (Lipinski definition) is 1. The van der Waals surface area contributed by atoms with Crippen LogP contribution in [0.4, 0.5) is 0 Å². The Labute approximate surface area is 133 Å². The molecule has 0 heterocycles. The van der Waals surface area contributed by atoms with Crippen LogP contribution >= 0.6 is 11.6 Å². The monoisotopic (exact) mass is 301 g/mol. The molecule has 0 bridgehead atoms. The van der Waals surface area contributed by atoms with Crippen LogP contribution in [0.25, 0.3) is 0 Å². The maximum Gasteiger partial charge on any atom is 0.0409 e. The third kappa shape index (κ3) is 4.33. The smallest absolute Gasteiger partial charge is 0.0409 e. The lowest BCUT2D eigenvalue weighted by atomic mass is 9.99. The Kier molecular flexibility index (Phi) is 5.84. The average Bonchev–Trinajstić information content (AvgIpc) is 2.52. The number of benzene rings is 2. The van der Waals surface area contributed by atoms with Crippen molar-refractivity contribution in [3.8, 4) is 0 Å². The zero-order valence-corrected chi connectivity index (χ0v) is 13.8. The maximum atomic E-state index is 6.08. The van der Waals surface area contributed by atoms with Gasteiger partial charge in [-0.25, -0.2) is 0 Å². The van der Waals surface area contributed by atoms with Crippen molar-refractivity contribution >= 4 is 11.6 Å². The van der Waals surface area contributed by atoms with Crippen molar-refractivity contribution in [1.29, 1.82) is 0 Å². The molecule has 0 aliphatic heterocycles. The highest BCUT2D eigenvalue weighted by molar-refractivity contribution is 6.30. The second-order valence-corrected chi connectivity index (χ2v) is 5.94. The minimum Gasteiger partial charge on any atom is -0.303 e. The van der Waals surface area contributed by atoms with Crippen molar-refractivity contribution in [2.45, 2.75) is 45.7 Å². The van der Waals surface area contributed by atoms with Crippen LogP contribution in [0, 0.1) is 0 Å². The van der Waals surface area contributed by atoms with E-state index >= 15 is 0 Å². The molecule has 0 amide bonds. The average molecular weight is 302 g/mol. The highest BCUT2D eigenvalue weighted by Gasteiger charge is 2.14. The Hall–Kier alpha value is -1.31. The summed E-state index contributed by atoms with van der Waals surface area (Å²) in [6.45, 7) is 6.59. The molecule has 1 N–H and O–H groups in total. The lowest BCUT2D eigenvalue weighted by Crippen LogP contribution is -2.24. The summed E-state index contributed by atoms with van der Waals surface area (Å²) in [7, 11) is 0. The van der Waals surface area contributed by atoms with Crippen molar-refractivity contribution in [3.63, 3.8) is 0 Å². The molecule has 0 radical (unpaired) electrons. The molecule has 0 spiro atoms. The normalized spacial score (nSPS) is 13.9. The zero-order valence-electron chi connectivity index (χ0n) is 13.1. The van der Waals surface area contributed by atoms with Gasteiger partial charge in [-0.1, -0.05) is 61.8 Å². The molecule has 0 fully saturated rings. The predicted octanol–water partition coefficient (Wildman–Crippen LogP) is 5.70. The first-order valence-electron chi connectivity index (χ1n) is 7.74. The fraction of sp³-hybridized carbons (Fsp3) is 0.368. The SMILES string of the molecule is CCc1ccc(C(CC)N[C@H](C)c2cccc(Cl)c2)cc1. The zero-order chi connectivity index (χ0) is 15.2. The Balaban J connectivity index is 2.10. The van der Waals surface area contributed by atoms with E-state index in [4.69, 9.17) is 11.6 Å². The Morgan fingerprint density at radius 3 is 2.29 bits per heavy atom. The first-order valence-corrected chi connectivity index (χ1v) is 8.12. The molecule has 112 valence electrons. The van der Waals surface area contributed by atoms with Gasteiger partial charge in [0.1, 0.15) is 0 Å². The van der Waals surface area contributed by atoms with Gasteiger partial charge in [0.15, 0.2) is 0 Å². The standard InChI is InChI=1S/C19H24ClN/c1-4-15-9-11-16(12-10-15)19(5-2)21-14(3)17-7-6-8-18(20)13-17/h6-14,19,21H,4-5H2,1-3H3/t14-,19?/m1/s1. The van der Waals surface area contributed by atoms with E-state index in [1.54, 1.807) is 0 Å². The quantitative estimate of drug-likeness (QED) is 0.721. The summed E-state index contributed by atoms with van der Waals surface area (Å²) in [5, 5.41) is 4.50. The lowest BCUT2D eigenvalue weighted by Gasteiger charge is -2.23. The van der Waals surface area contributed by atoms with Gasteiger partial charge in [-0.15, -0.1) is 0 Å². The summed E-state index contributed by atoms with van der Waals surface area (Å²) in [5.74, 6) is 0. The van der Waals surface area contributed by atoms with Gasteiger partial charge >= 0.3 is 0 Å². The second kappa shape index (κ2) is 7.63. The van der Waals surface area contributed by atoms with Gasteiger partial charge in [-0.05, 0) is 48.6 Å². The maximum absolute atomic E-state index is 6.08. The fourth-order valence-corrected chi connectivity index (χ4v) is 2.81. The van der Waals surface area contributed by atoms with E-state index in [-0.39, 0.29) is 6.04 Å². The van der Waals surface area contributed by atoms with Crippen LogP contribution in [0.5, 0.6) is 0 Å². The molecule has 2 heteroatoms. The molecule has 0 aliphatic carbocycles.